The number of aliphatic imine (C=N–C) groups is 1. The zero-order valence-corrected chi connectivity index (χ0v) is 15.2. The summed E-state index contributed by atoms with van der Waals surface area (Å²) in [7, 11) is 0. The van der Waals surface area contributed by atoms with Crippen molar-refractivity contribution in [3.05, 3.63) is 35.9 Å². The van der Waals surface area contributed by atoms with Crippen molar-refractivity contribution in [1.29, 1.82) is 0 Å². The van der Waals surface area contributed by atoms with Crippen molar-refractivity contribution >= 4 is 17.9 Å². The molecule has 1 aromatic carbocycles. The number of amides is 1. The molecule has 0 N–H and O–H groups in total. The molecule has 1 amide bonds. The Bertz CT molecular complexity index is 710. The van der Waals surface area contributed by atoms with Crippen molar-refractivity contribution in [3.63, 3.8) is 0 Å². The molecule has 0 bridgehead atoms. The molecule has 4 rings (SSSR count). The van der Waals surface area contributed by atoms with Gasteiger partial charge in [0.2, 0.25) is 0 Å². The molecule has 1 heterocycles. The molecule has 0 saturated heterocycles. The van der Waals surface area contributed by atoms with Gasteiger partial charge in [0.25, 0.3) is 5.91 Å². The number of benzene rings is 1. The van der Waals surface area contributed by atoms with Crippen LogP contribution in [0.1, 0.15) is 57.4 Å². The molecule has 0 radical (unpaired) electrons. The molecule has 132 valence electrons. The van der Waals surface area contributed by atoms with Crippen LogP contribution in [0.25, 0.3) is 0 Å². The summed E-state index contributed by atoms with van der Waals surface area (Å²) in [6.45, 7) is 4.35. The molecule has 1 unspecified atom stereocenters. The number of Topliss-reactive ketones (excluding diaryl/α,β-unsaturated/α-hetero) is 1. The van der Waals surface area contributed by atoms with Crippen molar-refractivity contribution in [2.45, 2.75) is 51.9 Å². The number of hydrogen-bond acceptors (Lipinski definition) is 2. The summed E-state index contributed by atoms with van der Waals surface area (Å²) in [5.74, 6) is 0.716. The number of carbonyl (C=O) groups excluding carboxylic acids is 2. The van der Waals surface area contributed by atoms with Gasteiger partial charge in [0.05, 0.1) is 5.92 Å². The van der Waals surface area contributed by atoms with Gasteiger partial charge in [0.1, 0.15) is 5.41 Å². The number of hydrogen-bond donors (Lipinski definition) is 0. The fourth-order valence-electron chi connectivity index (χ4n) is 6.03. The van der Waals surface area contributed by atoms with Gasteiger partial charge in [-0.05, 0) is 42.1 Å². The van der Waals surface area contributed by atoms with Crippen LogP contribution in [0.2, 0.25) is 0 Å². The van der Waals surface area contributed by atoms with Crippen LogP contribution < -0.4 is 0 Å². The Balaban J connectivity index is 1.83. The maximum absolute atomic E-state index is 13.8. The number of carbonyl (C=O) groups is 2. The van der Waals surface area contributed by atoms with Gasteiger partial charge in [-0.3, -0.25) is 9.59 Å². The predicted octanol–water partition coefficient (Wildman–Crippen LogP) is 4.42. The molecule has 6 atom stereocenters. The first-order valence-electron chi connectivity index (χ1n) is 9.74. The zero-order chi connectivity index (χ0) is 17.6. The lowest BCUT2D eigenvalue weighted by atomic mass is 9.47. The summed E-state index contributed by atoms with van der Waals surface area (Å²) < 4.78 is 0. The second kappa shape index (κ2) is 6.19. The van der Waals surface area contributed by atoms with Crippen LogP contribution in [0.3, 0.4) is 0 Å². The molecule has 2 aliphatic carbocycles. The van der Waals surface area contributed by atoms with Crippen LogP contribution in [-0.2, 0) is 9.59 Å². The van der Waals surface area contributed by atoms with Gasteiger partial charge >= 0.3 is 0 Å². The second-order valence-corrected chi connectivity index (χ2v) is 8.38. The summed E-state index contributed by atoms with van der Waals surface area (Å²) in [5.41, 5.74) is 0.0544. The quantitative estimate of drug-likeness (QED) is 0.712. The van der Waals surface area contributed by atoms with Crippen molar-refractivity contribution < 1.29 is 9.59 Å². The maximum atomic E-state index is 13.8. The maximum Gasteiger partial charge on any atom is 0.259 e. The molecule has 3 nitrogen and oxygen atoms in total. The lowest BCUT2D eigenvalue weighted by Crippen LogP contribution is -2.60. The Morgan fingerprint density at radius 3 is 2.52 bits per heavy atom. The second-order valence-electron chi connectivity index (χ2n) is 8.38. The molecule has 0 aromatic heterocycles. The molecule has 25 heavy (non-hydrogen) atoms. The van der Waals surface area contributed by atoms with E-state index in [0.29, 0.717) is 11.8 Å². The van der Waals surface area contributed by atoms with E-state index in [0.717, 1.165) is 31.2 Å². The monoisotopic (exact) mass is 337 g/mol. The van der Waals surface area contributed by atoms with Crippen LogP contribution in [0, 0.1) is 29.1 Å². The standard InChI is InChI=1S/C22H27NO2/c1-14-7-6-10-17-12-11-15(2)22(19(14)17)20(24)18(13-23-21(22)25)16-8-4-3-5-9-16/h3-5,8-9,13-15,17-19H,6-7,10-12H2,1-2H3/t14-,15-,17+,18?,19+,22+/m1/s1. The topological polar surface area (TPSA) is 46.5 Å². The van der Waals surface area contributed by atoms with Crippen LogP contribution in [0.4, 0.5) is 0 Å². The zero-order valence-electron chi connectivity index (χ0n) is 15.2. The summed E-state index contributed by atoms with van der Waals surface area (Å²) >= 11 is 0. The molecule has 2 fully saturated rings. The van der Waals surface area contributed by atoms with E-state index in [9.17, 15) is 9.59 Å². The normalized spacial score (nSPS) is 41.0. The average molecular weight is 337 g/mol. The molecule has 1 aromatic rings. The molecule has 1 aliphatic heterocycles. The minimum absolute atomic E-state index is 0.0814. The Morgan fingerprint density at radius 1 is 1.00 bits per heavy atom. The molecule has 2 saturated carbocycles. The smallest absolute Gasteiger partial charge is 0.259 e. The first-order valence-corrected chi connectivity index (χ1v) is 9.74. The van der Waals surface area contributed by atoms with Crippen molar-refractivity contribution in [1.82, 2.24) is 0 Å². The third-order valence-corrected chi connectivity index (χ3v) is 7.17. The number of fused-ring (bicyclic) bond motifs is 2. The minimum atomic E-state index is -0.905. The molecule has 3 aliphatic rings. The number of rotatable bonds is 1. The van der Waals surface area contributed by atoms with Crippen LogP contribution in [-0.4, -0.2) is 17.9 Å². The molecule has 3 heteroatoms. The van der Waals surface area contributed by atoms with E-state index in [1.54, 1.807) is 6.21 Å². The first-order chi connectivity index (χ1) is 12.1. The van der Waals surface area contributed by atoms with E-state index in [-0.39, 0.29) is 29.4 Å². The van der Waals surface area contributed by atoms with Gasteiger partial charge in [0, 0.05) is 6.21 Å². The summed E-state index contributed by atoms with van der Waals surface area (Å²) in [5, 5.41) is 0. The average Bonchev–Trinajstić information content (AvgIpc) is 2.62. The molecule has 1 spiro atoms. The number of nitrogens with zero attached hydrogens (tertiary/aromatic N) is 1. The van der Waals surface area contributed by atoms with Gasteiger partial charge in [0.15, 0.2) is 5.78 Å². The summed E-state index contributed by atoms with van der Waals surface area (Å²) in [6, 6.07) is 9.82. The van der Waals surface area contributed by atoms with Gasteiger partial charge in [-0.2, -0.15) is 0 Å². The first kappa shape index (κ1) is 16.7. The highest BCUT2D eigenvalue weighted by atomic mass is 16.2. The van der Waals surface area contributed by atoms with E-state index >= 15 is 0 Å². The lowest BCUT2D eigenvalue weighted by Gasteiger charge is -2.54. The van der Waals surface area contributed by atoms with Gasteiger partial charge in [-0.25, -0.2) is 4.99 Å². The minimum Gasteiger partial charge on any atom is -0.297 e. The lowest BCUT2D eigenvalue weighted by molar-refractivity contribution is -0.161. The summed E-state index contributed by atoms with van der Waals surface area (Å²) in [4.78, 5) is 31.3. The Labute approximate surface area is 149 Å². The van der Waals surface area contributed by atoms with Crippen LogP contribution in [0.5, 0.6) is 0 Å². The fraction of sp³-hybridized carbons (Fsp3) is 0.591. The summed E-state index contributed by atoms with van der Waals surface area (Å²) in [6.07, 6.45) is 7.20. The predicted molar refractivity (Wildman–Crippen MR) is 98.5 cm³/mol. The van der Waals surface area contributed by atoms with E-state index in [4.69, 9.17) is 0 Å². The fourth-order valence-corrected chi connectivity index (χ4v) is 6.03. The highest BCUT2D eigenvalue weighted by Gasteiger charge is 2.63. The SMILES string of the molecule is C[C@@H]1CCC[C@H]2CC[C@@H](C)[C@]3(C(=O)N=CC(c4ccccc4)C3=O)[C@H]21. The van der Waals surface area contributed by atoms with E-state index in [2.05, 4.69) is 18.8 Å². The third kappa shape index (κ3) is 2.35. The van der Waals surface area contributed by atoms with Gasteiger partial charge < -0.3 is 0 Å². The molecular formula is C22H27NO2. The van der Waals surface area contributed by atoms with Crippen molar-refractivity contribution in [2.24, 2.45) is 34.1 Å². The Morgan fingerprint density at radius 2 is 1.76 bits per heavy atom. The molecular weight excluding hydrogens is 310 g/mol. The van der Waals surface area contributed by atoms with Crippen molar-refractivity contribution in [2.75, 3.05) is 0 Å². The number of ketones is 1. The van der Waals surface area contributed by atoms with Crippen LogP contribution >= 0.6 is 0 Å². The van der Waals surface area contributed by atoms with E-state index in [1.165, 1.54) is 6.42 Å². The van der Waals surface area contributed by atoms with E-state index in [1.807, 2.05) is 30.3 Å². The Kier molecular flexibility index (Phi) is 4.13. The highest BCUT2D eigenvalue weighted by Crippen LogP contribution is 2.58. The van der Waals surface area contributed by atoms with Gasteiger partial charge in [-0.15, -0.1) is 0 Å². The van der Waals surface area contributed by atoms with Crippen molar-refractivity contribution in [3.8, 4) is 0 Å². The van der Waals surface area contributed by atoms with Gasteiger partial charge in [-0.1, -0.05) is 63.4 Å². The van der Waals surface area contributed by atoms with Crippen LogP contribution in [0.15, 0.2) is 35.3 Å². The van der Waals surface area contributed by atoms with E-state index < -0.39 is 5.41 Å². The third-order valence-electron chi connectivity index (χ3n) is 7.17. The largest absolute Gasteiger partial charge is 0.297 e. The highest BCUT2D eigenvalue weighted by molar-refractivity contribution is 6.20. The Hall–Kier alpha value is -1.77.